The molecule has 2 N–H and O–H groups in total. The molecule has 3 aromatic heterocycles. The molecule has 0 saturated carbocycles. The molecule has 10 heteroatoms. The largest absolute Gasteiger partial charge is 0.494 e. The molecule has 1 fully saturated rings. The van der Waals surface area contributed by atoms with Crippen LogP contribution in [0.2, 0.25) is 0 Å². The third kappa shape index (κ3) is 3.82. The Balaban J connectivity index is 1.87. The van der Waals surface area contributed by atoms with Crippen LogP contribution in [0.4, 0.5) is 4.39 Å². The van der Waals surface area contributed by atoms with Crippen LogP contribution in [-0.2, 0) is 19.7 Å². The van der Waals surface area contributed by atoms with Crippen molar-refractivity contribution in [1.82, 2.24) is 19.7 Å². The summed E-state index contributed by atoms with van der Waals surface area (Å²) in [6, 6.07) is 6.70. The number of benzene rings is 1. The minimum absolute atomic E-state index is 0.119. The molecule has 1 aliphatic heterocycles. The van der Waals surface area contributed by atoms with E-state index in [1.54, 1.807) is 25.4 Å². The van der Waals surface area contributed by atoms with Crippen molar-refractivity contribution in [3.05, 3.63) is 47.5 Å². The standard InChI is InChI=1S/C25H27FN4O5/c1-25(2,12-33-3)22-20(14-8-19(24(31)32)35-11-14)21-17(7-13-10-27-29-23(13)28-21)30(22)15-5-6-16(26)18(9-15)34-4/h5-7,9-10,14,19H,8,11-12H2,1-4H3,(H,31,32)(H,27,28,29)/t14-,19?/m1/s1. The van der Waals surface area contributed by atoms with E-state index in [0.717, 1.165) is 22.2 Å². The van der Waals surface area contributed by atoms with E-state index in [-0.39, 0.29) is 18.3 Å². The first-order chi connectivity index (χ1) is 16.7. The van der Waals surface area contributed by atoms with Gasteiger partial charge in [-0.05, 0) is 24.6 Å². The summed E-state index contributed by atoms with van der Waals surface area (Å²) in [6.07, 6.45) is 1.13. The number of carboxylic acids is 1. The second-order valence-electron chi connectivity index (χ2n) is 9.49. The minimum Gasteiger partial charge on any atom is -0.494 e. The number of hydrogen-bond donors (Lipinski definition) is 2. The van der Waals surface area contributed by atoms with Gasteiger partial charge in [0, 0.05) is 46.8 Å². The number of carboxylic acid groups (broad SMARTS) is 1. The van der Waals surface area contributed by atoms with E-state index >= 15 is 0 Å². The highest BCUT2D eigenvalue weighted by Crippen LogP contribution is 2.44. The Morgan fingerprint density at radius 3 is 2.83 bits per heavy atom. The van der Waals surface area contributed by atoms with Gasteiger partial charge in [-0.1, -0.05) is 13.8 Å². The first-order valence-corrected chi connectivity index (χ1v) is 11.3. The van der Waals surface area contributed by atoms with Gasteiger partial charge in [-0.25, -0.2) is 14.2 Å². The number of rotatable bonds is 7. The third-order valence-corrected chi connectivity index (χ3v) is 6.60. The van der Waals surface area contributed by atoms with Crippen LogP contribution in [-0.4, -0.2) is 64.4 Å². The van der Waals surface area contributed by atoms with Gasteiger partial charge in [0.15, 0.2) is 23.3 Å². The number of fused-ring (bicyclic) bond motifs is 2. The number of methoxy groups -OCH3 is 2. The van der Waals surface area contributed by atoms with Crippen LogP contribution in [0.3, 0.4) is 0 Å². The lowest BCUT2D eigenvalue weighted by molar-refractivity contribution is -0.147. The molecule has 1 saturated heterocycles. The highest BCUT2D eigenvalue weighted by Gasteiger charge is 2.40. The monoisotopic (exact) mass is 482 g/mol. The summed E-state index contributed by atoms with van der Waals surface area (Å²) in [6.45, 7) is 4.76. The molecule has 4 aromatic rings. The third-order valence-electron chi connectivity index (χ3n) is 6.60. The fourth-order valence-electron chi connectivity index (χ4n) is 5.13. The van der Waals surface area contributed by atoms with Crippen molar-refractivity contribution >= 4 is 28.0 Å². The number of aromatic amines is 1. The SMILES string of the molecule is COCC(C)(C)c1c([C@H]2COC(C(=O)O)C2)c2nc3[nH]ncc3cc2n1-c1ccc(F)c(OC)c1. The number of carbonyl (C=O) groups is 1. The van der Waals surface area contributed by atoms with Gasteiger partial charge in [0.25, 0.3) is 0 Å². The highest BCUT2D eigenvalue weighted by atomic mass is 19.1. The fraction of sp³-hybridized carbons (Fsp3) is 0.400. The molecule has 1 aliphatic rings. The highest BCUT2D eigenvalue weighted by molar-refractivity contribution is 5.94. The first-order valence-electron chi connectivity index (χ1n) is 11.3. The van der Waals surface area contributed by atoms with Crippen LogP contribution in [0.15, 0.2) is 30.5 Å². The van der Waals surface area contributed by atoms with E-state index < -0.39 is 23.3 Å². The summed E-state index contributed by atoms with van der Waals surface area (Å²) in [7, 11) is 3.07. The Morgan fingerprint density at radius 1 is 1.34 bits per heavy atom. The lowest BCUT2D eigenvalue weighted by Crippen LogP contribution is -2.29. The van der Waals surface area contributed by atoms with Crippen LogP contribution in [0, 0.1) is 5.82 Å². The minimum atomic E-state index is -0.985. The second-order valence-corrected chi connectivity index (χ2v) is 9.49. The predicted molar refractivity (Wildman–Crippen MR) is 127 cm³/mol. The van der Waals surface area contributed by atoms with Crippen molar-refractivity contribution < 1.29 is 28.5 Å². The van der Waals surface area contributed by atoms with E-state index in [1.807, 2.05) is 10.6 Å². The Kier molecular flexibility index (Phi) is 5.72. The molecule has 35 heavy (non-hydrogen) atoms. The van der Waals surface area contributed by atoms with E-state index in [9.17, 15) is 14.3 Å². The maximum absolute atomic E-state index is 14.3. The molecular formula is C25H27FN4O5. The van der Waals surface area contributed by atoms with Crippen molar-refractivity contribution in [1.29, 1.82) is 0 Å². The number of ether oxygens (including phenoxy) is 3. The lowest BCUT2D eigenvalue weighted by atomic mass is 9.82. The predicted octanol–water partition coefficient (Wildman–Crippen LogP) is 3.93. The molecule has 1 unspecified atom stereocenters. The number of pyridine rings is 1. The summed E-state index contributed by atoms with van der Waals surface area (Å²) < 4.78 is 32.9. The summed E-state index contributed by atoms with van der Waals surface area (Å²) in [5.41, 5.74) is 4.10. The fourth-order valence-corrected chi connectivity index (χ4v) is 5.13. The second kappa shape index (κ2) is 8.62. The van der Waals surface area contributed by atoms with E-state index in [1.165, 1.54) is 13.2 Å². The molecule has 0 spiro atoms. The number of nitrogens with zero attached hydrogens (tertiary/aromatic N) is 3. The maximum atomic E-state index is 14.3. The number of aromatic nitrogens is 4. The quantitative estimate of drug-likeness (QED) is 0.411. The van der Waals surface area contributed by atoms with Gasteiger partial charge in [0.1, 0.15) is 0 Å². The van der Waals surface area contributed by atoms with Crippen LogP contribution in [0.25, 0.3) is 27.8 Å². The van der Waals surface area contributed by atoms with Gasteiger partial charge >= 0.3 is 5.97 Å². The van der Waals surface area contributed by atoms with Gasteiger partial charge in [0.2, 0.25) is 0 Å². The molecule has 9 nitrogen and oxygen atoms in total. The van der Waals surface area contributed by atoms with E-state index in [4.69, 9.17) is 19.2 Å². The molecule has 184 valence electrons. The molecule has 0 radical (unpaired) electrons. The summed E-state index contributed by atoms with van der Waals surface area (Å²) >= 11 is 0. The number of aliphatic carboxylic acids is 1. The van der Waals surface area contributed by atoms with E-state index in [2.05, 4.69) is 24.0 Å². The van der Waals surface area contributed by atoms with Crippen LogP contribution in [0.5, 0.6) is 5.75 Å². The van der Waals surface area contributed by atoms with Crippen molar-refractivity contribution in [3.8, 4) is 11.4 Å². The van der Waals surface area contributed by atoms with Gasteiger partial charge in [0.05, 0.1) is 37.6 Å². The molecular weight excluding hydrogens is 455 g/mol. The zero-order valence-electron chi connectivity index (χ0n) is 20.0. The maximum Gasteiger partial charge on any atom is 0.332 e. The van der Waals surface area contributed by atoms with Gasteiger partial charge in [-0.2, -0.15) is 5.10 Å². The number of nitrogens with one attached hydrogen (secondary N) is 1. The topological polar surface area (TPSA) is 111 Å². The van der Waals surface area contributed by atoms with Crippen LogP contribution >= 0.6 is 0 Å². The van der Waals surface area contributed by atoms with Gasteiger partial charge in [-0.15, -0.1) is 0 Å². The first kappa shape index (κ1) is 23.3. The normalized spacial score (nSPS) is 18.5. The van der Waals surface area contributed by atoms with E-state index in [0.29, 0.717) is 29.9 Å². The van der Waals surface area contributed by atoms with Crippen molar-refractivity contribution in [2.24, 2.45) is 0 Å². The smallest absolute Gasteiger partial charge is 0.332 e. The molecule has 1 aromatic carbocycles. The zero-order chi connectivity index (χ0) is 24.9. The molecule has 0 bridgehead atoms. The lowest BCUT2D eigenvalue weighted by Gasteiger charge is -2.29. The zero-order valence-corrected chi connectivity index (χ0v) is 20.0. The Morgan fingerprint density at radius 2 is 2.14 bits per heavy atom. The number of hydrogen-bond acceptors (Lipinski definition) is 6. The summed E-state index contributed by atoms with van der Waals surface area (Å²) in [4.78, 5) is 16.6. The summed E-state index contributed by atoms with van der Waals surface area (Å²) in [5, 5.41) is 17.4. The molecule has 2 atom stereocenters. The Bertz CT molecular complexity index is 1430. The van der Waals surface area contributed by atoms with Crippen LogP contribution < -0.4 is 4.74 Å². The number of H-pyrrole nitrogens is 1. The molecule has 0 aliphatic carbocycles. The molecule has 0 amide bonds. The van der Waals surface area contributed by atoms with Crippen molar-refractivity contribution in [2.75, 3.05) is 27.4 Å². The van der Waals surface area contributed by atoms with Gasteiger partial charge in [-0.3, -0.25) is 5.10 Å². The Hall–Kier alpha value is -3.50. The van der Waals surface area contributed by atoms with Gasteiger partial charge < -0.3 is 23.9 Å². The van der Waals surface area contributed by atoms with Crippen LogP contribution in [0.1, 0.15) is 37.4 Å². The van der Waals surface area contributed by atoms with Crippen molar-refractivity contribution in [2.45, 2.75) is 37.7 Å². The average Bonchev–Trinajstić information content (AvgIpc) is 3.54. The Labute approximate surface area is 200 Å². The van der Waals surface area contributed by atoms with Crippen molar-refractivity contribution in [3.63, 3.8) is 0 Å². The average molecular weight is 483 g/mol. The summed E-state index contributed by atoms with van der Waals surface area (Å²) in [5.74, 6) is -1.54. The number of halogens is 1. The molecule has 5 rings (SSSR count). The molecule has 4 heterocycles.